The van der Waals surface area contributed by atoms with Crippen molar-refractivity contribution in [2.75, 3.05) is 11.9 Å². The molecule has 0 spiro atoms. The molecule has 0 bridgehead atoms. The molecule has 0 amide bonds. The van der Waals surface area contributed by atoms with E-state index >= 15 is 0 Å². The van der Waals surface area contributed by atoms with Crippen LogP contribution in [0, 0.1) is 0 Å². The number of unbranched alkanes of at least 4 members (excludes halogenated alkanes) is 2. The molecule has 2 heterocycles. The molecular formula is C19H25N5O2. The van der Waals surface area contributed by atoms with Crippen LogP contribution < -0.4 is 16.6 Å². The molecule has 1 aromatic carbocycles. The summed E-state index contributed by atoms with van der Waals surface area (Å²) in [5, 5.41) is 3.27. The van der Waals surface area contributed by atoms with Crippen LogP contribution in [0.4, 0.5) is 5.95 Å². The van der Waals surface area contributed by atoms with Gasteiger partial charge in [-0.05, 0) is 12.0 Å². The fraction of sp³-hybridized carbons (Fsp3) is 0.421. The largest absolute Gasteiger partial charge is 0.356 e. The summed E-state index contributed by atoms with van der Waals surface area (Å²) in [6.07, 6.45) is 3.32. The first-order chi connectivity index (χ1) is 12.5. The van der Waals surface area contributed by atoms with E-state index in [1.54, 1.807) is 18.7 Å². The van der Waals surface area contributed by atoms with Crippen LogP contribution in [0.15, 0.2) is 39.9 Å². The Bertz CT molecular complexity index is 1010. The van der Waals surface area contributed by atoms with E-state index in [4.69, 9.17) is 0 Å². The molecule has 3 aromatic rings. The highest BCUT2D eigenvalue weighted by molar-refractivity contribution is 5.74. The quantitative estimate of drug-likeness (QED) is 0.659. The second kappa shape index (κ2) is 7.59. The van der Waals surface area contributed by atoms with Crippen molar-refractivity contribution in [3.8, 4) is 0 Å². The molecule has 26 heavy (non-hydrogen) atoms. The molecule has 0 unspecified atom stereocenters. The minimum absolute atomic E-state index is 0.243. The van der Waals surface area contributed by atoms with Crippen LogP contribution in [-0.2, 0) is 20.6 Å². The second-order valence-electron chi connectivity index (χ2n) is 6.52. The number of benzene rings is 1. The van der Waals surface area contributed by atoms with Gasteiger partial charge in [0.1, 0.15) is 0 Å². The predicted molar refractivity (Wildman–Crippen MR) is 104 cm³/mol. The summed E-state index contributed by atoms with van der Waals surface area (Å²) in [7, 11) is 3.45. The summed E-state index contributed by atoms with van der Waals surface area (Å²) >= 11 is 0. The van der Waals surface area contributed by atoms with Crippen molar-refractivity contribution in [1.29, 1.82) is 0 Å². The van der Waals surface area contributed by atoms with E-state index in [9.17, 15) is 9.59 Å². The summed E-state index contributed by atoms with van der Waals surface area (Å²) < 4.78 is 4.45. The number of nitrogens with zero attached hydrogens (tertiary/aromatic N) is 4. The summed E-state index contributed by atoms with van der Waals surface area (Å²) in [6.45, 7) is 3.18. The third-order valence-electron chi connectivity index (χ3n) is 4.61. The minimum Gasteiger partial charge on any atom is -0.356 e. The van der Waals surface area contributed by atoms with Crippen LogP contribution in [-0.4, -0.2) is 25.2 Å². The lowest BCUT2D eigenvalue weighted by Gasteiger charge is -2.09. The molecule has 0 saturated carbocycles. The van der Waals surface area contributed by atoms with Crippen LogP contribution in [0.3, 0.4) is 0 Å². The lowest BCUT2D eigenvalue weighted by atomic mass is 10.2. The van der Waals surface area contributed by atoms with E-state index < -0.39 is 0 Å². The SMILES string of the molecule is CCCCCNc1nc2c(c(=O)n(Cc3ccccc3)c(=O)n2C)n1C. The number of aryl methyl sites for hydroxylation is 2. The highest BCUT2D eigenvalue weighted by atomic mass is 16.2. The van der Waals surface area contributed by atoms with Gasteiger partial charge in [0.05, 0.1) is 6.54 Å². The normalized spacial score (nSPS) is 11.2. The average molecular weight is 355 g/mol. The molecule has 138 valence electrons. The number of rotatable bonds is 7. The first-order valence-corrected chi connectivity index (χ1v) is 8.98. The van der Waals surface area contributed by atoms with Crippen LogP contribution in [0.5, 0.6) is 0 Å². The van der Waals surface area contributed by atoms with Crippen molar-refractivity contribution in [2.45, 2.75) is 32.7 Å². The topological polar surface area (TPSA) is 73.8 Å². The number of imidazole rings is 1. The lowest BCUT2D eigenvalue weighted by molar-refractivity contribution is 0.655. The zero-order chi connectivity index (χ0) is 18.7. The Kier molecular flexibility index (Phi) is 5.25. The molecule has 0 saturated heterocycles. The first-order valence-electron chi connectivity index (χ1n) is 8.98. The van der Waals surface area contributed by atoms with E-state index in [2.05, 4.69) is 17.2 Å². The fourth-order valence-electron chi connectivity index (χ4n) is 3.08. The maximum atomic E-state index is 13.0. The third-order valence-corrected chi connectivity index (χ3v) is 4.61. The maximum Gasteiger partial charge on any atom is 0.332 e. The van der Waals surface area contributed by atoms with Gasteiger partial charge in [-0.3, -0.25) is 13.9 Å². The molecule has 0 aliphatic carbocycles. The van der Waals surface area contributed by atoms with Gasteiger partial charge < -0.3 is 9.88 Å². The number of anilines is 1. The van der Waals surface area contributed by atoms with E-state index in [0.29, 0.717) is 17.1 Å². The van der Waals surface area contributed by atoms with Crippen molar-refractivity contribution < 1.29 is 0 Å². The molecule has 3 rings (SSSR count). The molecule has 0 aliphatic rings. The monoisotopic (exact) mass is 355 g/mol. The highest BCUT2D eigenvalue weighted by Gasteiger charge is 2.18. The van der Waals surface area contributed by atoms with E-state index in [1.807, 2.05) is 30.3 Å². The Balaban J connectivity index is 2.04. The van der Waals surface area contributed by atoms with Gasteiger partial charge in [0, 0.05) is 20.6 Å². The number of fused-ring (bicyclic) bond motifs is 1. The zero-order valence-corrected chi connectivity index (χ0v) is 15.5. The van der Waals surface area contributed by atoms with Crippen LogP contribution in [0.25, 0.3) is 11.2 Å². The third kappa shape index (κ3) is 3.29. The van der Waals surface area contributed by atoms with E-state index in [-0.39, 0.29) is 17.8 Å². The lowest BCUT2D eigenvalue weighted by Crippen LogP contribution is -2.39. The Labute approximate surface area is 151 Å². The van der Waals surface area contributed by atoms with Crippen molar-refractivity contribution >= 4 is 17.1 Å². The fourth-order valence-corrected chi connectivity index (χ4v) is 3.08. The van der Waals surface area contributed by atoms with Crippen molar-refractivity contribution in [1.82, 2.24) is 18.7 Å². The van der Waals surface area contributed by atoms with Crippen LogP contribution in [0.1, 0.15) is 31.7 Å². The highest BCUT2D eigenvalue weighted by Crippen LogP contribution is 2.14. The van der Waals surface area contributed by atoms with Crippen molar-refractivity contribution in [2.24, 2.45) is 14.1 Å². The molecule has 0 atom stereocenters. The Morgan fingerprint density at radius 3 is 2.46 bits per heavy atom. The van der Waals surface area contributed by atoms with Crippen LogP contribution >= 0.6 is 0 Å². The molecule has 7 nitrogen and oxygen atoms in total. The smallest absolute Gasteiger partial charge is 0.332 e. The van der Waals surface area contributed by atoms with Gasteiger partial charge in [-0.25, -0.2) is 4.79 Å². The van der Waals surface area contributed by atoms with Gasteiger partial charge in [0.2, 0.25) is 5.95 Å². The summed E-state index contributed by atoms with van der Waals surface area (Å²) in [5.41, 5.74) is 1.07. The van der Waals surface area contributed by atoms with Gasteiger partial charge in [-0.15, -0.1) is 0 Å². The summed E-state index contributed by atoms with van der Waals surface area (Å²) in [5.74, 6) is 0.612. The van der Waals surface area contributed by atoms with E-state index in [1.165, 1.54) is 9.13 Å². The number of hydrogen-bond donors (Lipinski definition) is 1. The van der Waals surface area contributed by atoms with Crippen molar-refractivity contribution in [3.05, 3.63) is 56.7 Å². The van der Waals surface area contributed by atoms with Crippen LogP contribution in [0.2, 0.25) is 0 Å². The van der Waals surface area contributed by atoms with E-state index in [0.717, 1.165) is 31.4 Å². The number of aromatic nitrogens is 4. The maximum absolute atomic E-state index is 13.0. The number of nitrogens with one attached hydrogen (secondary N) is 1. The Morgan fingerprint density at radius 1 is 1.04 bits per heavy atom. The molecule has 7 heteroatoms. The molecule has 0 radical (unpaired) electrons. The molecular weight excluding hydrogens is 330 g/mol. The predicted octanol–water partition coefficient (Wildman–Crippen LogP) is 2.08. The molecule has 2 aromatic heterocycles. The zero-order valence-electron chi connectivity index (χ0n) is 15.5. The Morgan fingerprint density at radius 2 is 1.77 bits per heavy atom. The standard InChI is InChI=1S/C19H25N5O2/c1-4-5-9-12-20-18-21-16-15(22(18)2)17(25)24(19(26)23(16)3)13-14-10-7-6-8-11-14/h6-8,10-11H,4-5,9,12-13H2,1-3H3,(H,20,21). The molecule has 0 aliphatic heterocycles. The van der Waals surface area contributed by atoms with Gasteiger partial charge in [-0.2, -0.15) is 4.98 Å². The van der Waals surface area contributed by atoms with Gasteiger partial charge >= 0.3 is 5.69 Å². The Hall–Kier alpha value is -2.83. The summed E-state index contributed by atoms with van der Waals surface area (Å²) in [4.78, 5) is 30.1. The first kappa shape index (κ1) is 18.0. The summed E-state index contributed by atoms with van der Waals surface area (Å²) in [6, 6.07) is 9.50. The molecule has 1 N–H and O–H groups in total. The van der Waals surface area contributed by atoms with Crippen molar-refractivity contribution in [3.63, 3.8) is 0 Å². The second-order valence-corrected chi connectivity index (χ2v) is 6.52. The van der Waals surface area contributed by atoms with Gasteiger partial charge in [-0.1, -0.05) is 50.1 Å². The minimum atomic E-state index is -0.359. The van der Waals surface area contributed by atoms with Gasteiger partial charge in [0.25, 0.3) is 5.56 Å². The van der Waals surface area contributed by atoms with Gasteiger partial charge in [0.15, 0.2) is 11.2 Å². The average Bonchev–Trinajstić information content (AvgIpc) is 2.98. The number of hydrogen-bond acceptors (Lipinski definition) is 4. The molecule has 0 fully saturated rings.